The van der Waals surface area contributed by atoms with Gasteiger partial charge in [0.1, 0.15) is 91.3 Å². The number of halogens is 5. The summed E-state index contributed by atoms with van der Waals surface area (Å²) in [5.41, 5.74) is 51.3. The van der Waals surface area contributed by atoms with Crippen molar-refractivity contribution in [3.8, 4) is 56.0 Å². The Hall–Kier alpha value is -18.6. The highest BCUT2D eigenvalue weighted by molar-refractivity contribution is 5.93. The number of carbonyl (C=O) groups excluding carboxylic acids is 5. The molecule has 37 heteroatoms. The van der Waals surface area contributed by atoms with Gasteiger partial charge in [0.2, 0.25) is 0 Å². The summed E-state index contributed by atoms with van der Waals surface area (Å²) >= 11 is 0. The lowest BCUT2D eigenvalue weighted by Crippen LogP contribution is -2.11. The zero-order chi connectivity index (χ0) is 102. The minimum absolute atomic E-state index is 0.00567. The van der Waals surface area contributed by atoms with Crippen LogP contribution in [-0.4, -0.2) is 133 Å². The molecule has 32 nitrogen and oxygen atoms in total. The molecule has 0 aliphatic carbocycles. The van der Waals surface area contributed by atoms with Crippen LogP contribution in [0.4, 0.5) is 56.7 Å². The molecule has 0 saturated carbocycles. The van der Waals surface area contributed by atoms with Crippen molar-refractivity contribution in [2.45, 2.75) is 113 Å². The van der Waals surface area contributed by atoms with Crippen LogP contribution in [0.2, 0.25) is 0 Å². The van der Waals surface area contributed by atoms with Crippen LogP contribution in [0.3, 0.4) is 0 Å². The van der Waals surface area contributed by atoms with Crippen LogP contribution in [-0.2, 0) is 88.2 Å². The number of aromatic nitrogens is 21. The maximum atomic E-state index is 14.3. The summed E-state index contributed by atoms with van der Waals surface area (Å²) in [5.74, 6) is -0.220. The lowest BCUT2D eigenvalue weighted by molar-refractivity contribution is -0.118. The molecule has 0 aliphatic rings. The number of anilines is 5. The number of ketones is 5. The summed E-state index contributed by atoms with van der Waals surface area (Å²) in [5, 5.41) is 55.5. The Balaban J connectivity index is 0.000000129. The number of carbonyl (C=O) groups is 5. The van der Waals surface area contributed by atoms with Crippen LogP contribution in [0.5, 0.6) is 0 Å². The standard InChI is InChI=1S/C23H18FN5O.2C23H21FN4O.2C19H16FN7O/c1-14-5-10-20(24)19(21(14)26-2)13-17(30)12-15-6-8-16(9-7-15)18-4-3-11-29-22(18)23(25)27-28-29;1-14-10-18(21(24)11-15(14)2)13-19(29)12-16-5-7-17(8-6-16)20-4-3-9-28-22(20)23(25)26-27-28;1-14-10-15(2)21(24)18(11-14)13-19(29)12-16-5-7-17(8-6-16)20-4-3-9-28-22(20)23(25)26-27-28;1-11-4-5-16(20)12(7-11)8-14(28)9-13-10-22-19(25-23-13)15-3-2-6-27-17(15)18(21)24-26-27;1-11-4-5-15(20)12(7-11)8-13(28)9-17-22-10-16(23-24-17)14-3-2-6-27-18(14)19(21)25-26-27/h3-11H,12-13,25H2,1H3;2*3-11H,12-13,25H2,1-2H3;2*2-7,10H,8-9,21H2,1H3. The van der Waals surface area contributed by atoms with Gasteiger partial charge in [-0.2, -0.15) is 5.10 Å². The van der Waals surface area contributed by atoms with E-state index in [2.05, 4.69) is 86.8 Å². The average Bonchev–Trinajstić information content (AvgIpc) is 1.65. The predicted molar refractivity (Wildman–Crippen MR) is 534 cm³/mol. The molecule has 144 heavy (non-hydrogen) atoms. The third-order valence-electron chi connectivity index (χ3n) is 23.8. The van der Waals surface area contributed by atoms with Crippen LogP contribution in [0, 0.1) is 84.1 Å². The number of fused-ring (bicyclic) bond motifs is 5. The Kier molecular flexibility index (Phi) is 29.8. The third-order valence-corrected chi connectivity index (χ3v) is 23.8. The molecule has 0 amide bonds. The zero-order valence-electron chi connectivity index (χ0n) is 78.9. The maximum absolute atomic E-state index is 14.3. The van der Waals surface area contributed by atoms with Crippen molar-refractivity contribution < 1.29 is 45.9 Å². The highest BCUT2D eigenvalue weighted by Gasteiger charge is 2.24. The van der Waals surface area contributed by atoms with E-state index in [9.17, 15) is 45.9 Å². The molecule has 0 atom stereocenters. The van der Waals surface area contributed by atoms with Crippen molar-refractivity contribution in [3.05, 3.63) is 385 Å². The molecule has 12 aromatic heterocycles. The van der Waals surface area contributed by atoms with Gasteiger partial charge >= 0.3 is 0 Å². The molecule has 0 spiro atoms. The molecule has 0 aliphatic heterocycles. The maximum Gasteiger partial charge on any atom is 0.196 e. The van der Waals surface area contributed by atoms with E-state index < -0.39 is 17.5 Å². The Bertz CT molecular complexity index is 8120. The summed E-state index contributed by atoms with van der Waals surface area (Å²) in [6.45, 7) is 20.1. The van der Waals surface area contributed by atoms with E-state index in [1.165, 1.54) is 41.2 Å². The number of hydrogen-bond acceptors (Lipinski definition) is 26. The first-order valence-electron chi connectivity index (χ1n) is 45.2. The summed E-state index contributed by atoms with van der Waals surface area (Å²) < 4.78 is 78.2. The second-order valence-electron chi connectivity index (χ2n) is 34.6. The van der Waals surface area contributed by atoms with Crippen LogP contribution in [0.1, 0.15) is 95.0 Å². The van der Waals surface area contributed by atoms with Crippen LogP contribution < -0.4 is 28.7 Å². The molecular weight excluding hydrogens is 1840 g/mol. The summed E-state index contributed by atoms with van der Waals surface area (Å²) in [6.07, 6.45) is 12.5. The average molecular weight is 1930 g/mol. The van der Waals surface area contributed by atoms with Gasteiger partial charge in [-0.1, -0.05) is 182 Å². The predicted octanol–water partition coefficient (Wildman–Crippen LogP) is 16.4. The zero-order valence-corrected chi connectivity index (χ0v) is 78.9. The Morgan fingerprint density at radius 1 is 0.312 bits per heavy atom. The van der Waals surface area contributed by atoms with Crippen molar-refractivity contribution in [2.24, 2.45) is 0 Å². The monoisotopic (exact) mass is 1930 g/mol. The van der Waals surface area contributed by atoms with Crippen molar-refractivity contribution >= 4 is 91.3 Å². The van der Waals surface area contributed by atoms with Gasteiger partial charge in [-0.25, -0.2) is 59.3 Å². The Morgan fingerprint density at radius 2 is 0.688 bits per heavy atom. The molecule has 0 radical (unpaired) electrons. The molecule has 720 valence electrons. The van der Waals surface area contributed by atoms with Gasteiger partial charge in [-0.05, 0) is 193 Å². The lowest BCUT2D eigenvalue weighted by atomic mass is 9.97. The lowest BCUT2D eigenvalue weighted by Gasteiger charge is -2.09. The molecule has 12 heterocycles. The molecular formula is C107H92F5N27O5. The number of pyridine rings is 5. The largest absolute Gasteiger partial charge is 0.380 e. The van der Waals surface area contributed by atoms with E-state index in [-0.39, 0.29) is 133 Å². The SMILES string of the molecule is Cc1cc(C)c(F)c(CC(=O)Cc2ccc(-c3cccn4nnc(N)c34)cc2)c1.Cc1cc(F)c(CC(=O)Cc2ccc(-c3cccn4nnc(N)c34)cc2)cc1C.Cc1ccc(F)c(CC(=O)Cc2cnc(-c3cccn4nnc(N)c34)nn2)c1.Cc1ccc(F)c(CC(=O)Cc2ncc(-c3cccn4nnc(N)c34)nn2)c1.[C-]#[N+]c1c(C)ccc(F)c1CC(=O)Cc1ccc(-c2cccn3nnc(N)c23)cc1. The fourth-order valence-electron chi connectivity index (χ4n) is 16.6. The second-order valence-corrected chi connectivity index (χ2v) is 34.6. The fraction of sp³-hybridized carbons (Fsp3) is 0.159. The highest BCUT2D eigenvalue weighted by atomic mass is 19.1. The topological polar surface area (TPSA) is 448 Å². The fourth-order valence-corrected chi connectivity index (χ4v) is 16.6. The van der Waals surface area contributed by atoms with Crippen LogP contribution >= 0.6 is 0 Å². The van der Waals surface area contributed by atoms with Crippen molar-refractivity contribution in [1.82, 2.24) is 105 Å². The molecule has 0 bridgehead atoms. The summed E-state index contributed by atoms with van der Waals surface area (Å²) in [7, 11) is 0. The number of nitrogen functional groups attached to an aromatic ring is 5. The quantitative estimate of drug-likeness (QED) is 0.0262. The number of rotatable bonds is 25. The van der Waals surface area contributed by atoms with E-state index in [4.69, 9.17) is 35.2 Å². The van der Waals surface area contributed by atoms with Gasteiger partial charge in [0.15, 0.2) is 46.4 Å². The van der Waals surface area contributed by atoms with E-state index in [0.29, 0.717) is 90.2 Å². The first-order chi connectivity index (χ1) is 69.3. The molecule has 20 aromatic rings. The van der Waals surface area contributed by atoms with Gasteiger partial charge in [-0.15, -0.1) is 40.8 Å². The Morgan fingerprint density at radius 3 is 1.11 bits per heavy atom. The van der Waals surface area contributed by atoms with Crippen molar-refractivity contribution in [1.29, 1.82) is 0 Å². The van der Waals surface area contributed by atoms with Gasteiger partial charge in [0.25, 0.3) is 0 Å². The molecule has 0 unspecified atom stereocenters. The van der Waals surface area contributed by atoms with Crippen LogP contribution in [0.15, 0.2) is 250 Å². The first-order valence-corrected chi connectivity index (χ1v) is 45.2. The smallest absolute Gasteiger partial charge is 0.196 e. The molecule has 0 saturated heterocycles. The van der Waals surface area contributed by atoms with Crippen molar-refractivity contribution in [3.63, 3.8) is 0 Å². The summed E-state index contributed by atoms with van der Waals surface area (Å²) in [4.78, 5) is 74.0. The van der Waals surface area contributed by atoms with Gasteiger partial charge < -0.3 is 28.7 Å². The minimum atomic E-state index is -0.518. The van der Waals surface area contributed by atoms with E-state index in [1.54, 1.807) is 130 Å². The highest BCUT2D eigenvalue weighted by Crippen LogP contribution is 2.35. The van der Waals surface area contributed by atoms with Gasteiger partial charge in [0, 0.05) is 110 Å². The number of hydrogen-bond donors (Lipinski definition) is 5. The van der Waals surface area contributed by atoms with E-state index >= 15 is 0 Å². The summed E-state index contributed by atoms with van der Waals surface area (Å²) in [6, 6.07) is 60.6. The number of aryl methyl sites for hydroxylation is 7. The minimum Gasteiger partial charge on any atom is -0.380 e. The number of nitrogens with two attached hydrogens (primary N) is 5. The number of Topliss-reactive ketones (excluding diaryl/α,β-unsaturated/α-hetero) is 5. The molecule has 20 rings (SSSR count). The molecule has 8 aromatic carbocycles. The first kappa shape index (κ1) is 98.4. The number of benzene rings is 8. The second kappa shape index (κ2) is 43.6. The van der Waals surface area contributed by atoms with Gasteiger partial charge in [0.05, 0.1) is 43.1 Å². The molecule has 0 fully saturated rings. The van der Waals surface area contributed by atoms with Gasteiger partial charge in [-0.3, -0.25) is 24.0 Å². The number of nitrogens with zero attached hydrogens (tertiary/aromatic N) is 22. The van der Waals surface area contributed by atoms with Crippen LogP contribution in [0.25, 0.3) is 88.5 Å². The van der Waals surface area contributed by atoms with Crippen molar-refractivity contribution in [2.75, 3.05) is 28.7 Å². The molecule has 10 N–H and O–H groups in total. The van der Waals surface area contributed by atoms with E-state index in [0.717, 1.165) is 94.4 Å². The van der Waals surface area contributed by atoms with E-state index in [1.807, 2.05) is 150 Å². The Labute approximate surface area is 819 Å². The normalized spacial score (nSPS) is 11.0. The third kappa shape index (κ3) is 23.0.